The van der Waals surface area contributed by atoms with Gasteiger partial charge in [-0.15, -0.1) is 0 Å². The average molecular weight is 353 g/mol. The van der Waals surface area contributed by atoms with Gasteiger partial charge in [0.2, 0.25) is 0 Å². The molecule has 0 bridgehead atoms. The summed E-state index contributed by atoms with van der Waals surface area (Å²) in [6.45, 7) is 7.07. The maximum Gasteiger partial charge on any atom is 0.0399 e. The first-order chi connectivity index (χ1) is 13.1. The Morgan fingerprint density at radius 3 is 1.96 bits per heavy atom. The van der Waals surface area contributed by atoms with E-state index in [1.54, 1.807) is 0 Å². The summed E-state index contributed by atoms with van der Waals surface area (Å²) < 4.78 is 0. The van der Waals surface area contributed by atoms with Gasteiger partial charge in [-0.05, 0) is 46.1 Å². The zero-order valence-electron chi connectivity index (χ0n) is 16.5. The molecule has 0 spiro atoms. The van der Waals surface area contributed by atoms with Crippen LogP contribution in [0, 0.1) is 11.8 Å². The van der Waals surface area contributed by atoms with Crippen molar-refractivity contribution in [2.45, 2.75) is 32.6 Å². The Bertz CT molecular complexity index is 934. The van der Waals surface area contributed by atoms with E-state index in [0.29, 0.717) is 11.8 Å². The fraction of sp³-hybridized carbons (Fsp3) is 0.259. The van der Waals surface area contributed by atoms with E-state index in [1.807, 2.05) is 0 Å². The van der Waals surface area contributed by atoms with Crippen LogP contribution in [0.25, 0.3) is 5.57 Å². The summed E-state index contributed by atoms with van der Waals surface area (Å²) in [6.07, 6.45) is 3.67. The minimum Gasteiger partial charge on any atom is -0.0625 e. The van der Waals surface area contributed by atoms with E-state index in [1.165, 1.54) is 27.8 Å². The molecule has 4 rings (SSSR count). The number of rotatable bonds is 5. The Labute approximate surface area is 163 Å². The Morgan fingerprint density at radius 1 is 0.704 bits per heavy atom. The van der Waals surface area contributed by atoms with Crippen molar-refractivity contribution in [2.75, 3.05) is 0 Å². The number of allylic oxidation sites excluding steroid dienone is 1. The molecule has 0 radical (unpaired) electrons. The van der Waals surface area contributed by atoms with Crippen molar-refractivity contribution < 1.29 is 0 Å². The minimum atomic E-state index is -0.0628. The molecule has 0 amide bonds. The van der Waals surface area contributed by atoms with E-state index in [4.69, 9.17) is 0 Å². The summed E-state index contributed by atoms with van der Waals surface area (Å²) in [5.41, 5.74) is 6.83. The molecule has 0 heterocycles. The van der Waals surface area contributed by atoms with Crippen LogP contribution < -0.4 is 0 Å². The molecule has 0 fully saturated rings. The van der Waals surface area contributed by atoms with Crippen LogP contribution in [-0.4, -0.2) is 0 Å². The van der Waals surface area contributed by atoms with Crippen LogP contribution in [0.1, 0.15) is 49.4 Å². The van der Waals surface area contributed by atoms with Gasteiger partial charge in [0.25, 0.3) is 0 Å². The summed E-state index contributed by atoms with van der Waals surface area (Å²) >= 11 is 0. The maximum absolute atomic E-state index is 2.54. The van der Waals surface area contributed by atoms with Gasteiger partial charge >= 0.3 is 0 Å². The molecule has 1 aliphatic carbocycles. The molecule has 1 aliphatic rings. The molecule has 3 aromatic rings. The highest BCUT2D eigenvalue weighted by Crippen LogP contribution is 2.51. The van der Waals surface area contributed by atoms with Crippen molar-refractivity contribution >= 4 is 5.57 Å². The Hall–Kier alpha value is -2.60. The number of fused-ring (bicyclic) bond motifs is 1. The van der Waals surface area contributed by atoms with Crippen LogP contribution in [0.3, 0.4) is 0 Å². The molecular formula is C27H28. The van der Waals surface area contributed by atoms with Crippen LogP contribution in [0.15, 0.2) is 91.0 Å². The van der Waals surface area contributed by atoms with Gasteiger partial charge < -0.3 is 0 Å². The second-order valence-electron chi connectivity index (χ2n) is 8.23. The highest BCUT2D eigenvalue weighted by molar-refractivity contribution is 5.88. The topological polar surface area (TPSA) is 0 Å². The Morgan fingerprint density at radius 2 is 1.30 bits per heavy atom. The van der Waals surface area contributed by atoms with Crippen LogP contribution in [-0.2, 0) is 5.41 Å². The van der Waals surface area contributed by atoms with Gasteiger partial charge in [-0.3, -0.25) is 0 Å². The van der Waals surface area contributed by atoms with Crippen LogP contribution in [0.5, 0.6) is 0 Å². The molecule has 0 nitrogen and oxygen atoms in total. The lowest BCUT2D eigenvalue weighted by Gasteiger charge is -2.34. The van der Waals surface area contributed by atoms with Gasteiger partial charge in [-0.25, -0.2) is 0 Å². The fourth-order valence-corrected chi connectivity index (χ4v) is 4.37. The fourth-order valence-electron chi connectivity index (χ4n) is 4.37. The molecule has 0 aromatic heterocycles. The van der Waals surface area contributed by atoms with Crippen molar-refractivity contribution in [1.82, 2.24) is 0 Å². The van der Waals surface area contributed by atoms with Crippen LogP contribution in [0.4, 0.5) is 0 Å². The highest BCUT2D eigenvalue weighted by Gasteiger charge is 2.41. The molecule has 0 N–H and O–H groups in total. The first-order valence-electron chi connectivity index (χ1n) is 10.1. The molecule has 2 unspecified atom stereocenters. The van der Waals surface area contributed by atoms with E-state index in [0.717, 1.165) is 6.42 Å². The summed E-state index contributed by atoms with van der Waals surface area (Å²) in [7, 11) is 0. The van der Waals surface area contributed by atoms with Crippen molar-refractivity contribution in [1.29, 1.82) is 0 Å². The van der Waals surface area contributed by atoms with E-state index < -0.39 is 0 Å². The van der Waals surface area contributed by atoms with Gasteiger partial charge in [0, 0.05) is 5.41 Å². The summed E-state index contributed by atoms with van der Waals surface area (Å²) in [4.78, 5) is 0. The number of hydrogen-bond acceptors (Lipinski definition) is 0. The maximum atomic E-state index is 2.54. The highest BCUT2D eigenvalue weighted by atomic mass is 14.4. The Kier molecular flexibility index (Phi) is 4.74. The molecule has 27 heavy (non-hydrogen) atoms. The van der Waals surface area contributed by atoms with Crippen molar-refractivity contribution in [2.24, 2.45) is 11.8 Å². The molecular weight excluding hydrogens is 324 g/mol. The predicted molar refractivity (Wildman–Crippen MR) is 116 cm³/mol. The molecule has 0 aliphatic heterocycles. The van der Waals surface area contributed by atoms with E-state index in [-0.39, 0.29) is 5.41 Å². The van der Waals surface area contributed by atoms with Crippen molar-refractivity contribution in [3.63, 3.8) is 0 Å². The second-order valence-corrected chi connectivity index (χ2v) is 8.23. The third-order valence-electron chi connectivity index (χ3n) is 6.24. The first-order valence-corrected chi connectivity index (χ1v) is 10.1. The normalized spacial score (nSPS) is 19.6. The number of benzene rings is 3. The van der Waals surface area contributed by atoms with E-state index in [9.17, 15) is 0 Å². The zero-order valence-corrected chi connectivity index (χ0v) is 16.5. The molecule has 2 atom stereocenters. The summed E-state index contributed by atoms with van der Waals surface area (Å²) in [5.74, 6) is 1.29. The van der Waals surface area contributed by atoms with Crippen LogP contribution in [0.2, 0.25) is 0 Å². The Balaban J connectivity index is 1.96. The molecule has 0 saturated heterocycles. The van der Waals surface area contributed by atoms with Gasteiger partial charge in [0.05, 0.1) is 0 Å². The van der Waals surface area contributed by atoms with Gasteiger partial charge in [-0.1, -0.05) is 112 Å². The standard InChI is InChI=1S/C27H28/c1-20(2)21(3)18-27(23-14-8-5-9-15-23)19-25(22-12-6-4-7-13-22)24-16-10-11-17-26(24)27/h4-17,19-21H,18H2,1-3H3. The molecule has 0 saturated carbocycles. The summed E-state index contributed by atoms with van der Waals surface area (Å²) in [6, 6.07) is 30.9. The molecule has 136 valence electrons. The average Bonchev–Trinajstić information content (AvgIpc) is 3.05. The van der Waals surface area contributed by atoms with Gasteiger partial charge in [0.15, 0.2) is 0 Å². The summed E-state index contributed by atoms with van der Waals surface area (Å²) in [5, 5.41) is 0. The third kappa shape index (κ3) is 3.14. The lowest BCUT2D eigenvalue weighted by atomic mass is 9.69. The monoisotopic (exact) mass is 352 g/mol. The number of hydrogen-bond donors (Lipinski definition) is 0. The van der Waals surface area contributed by atoms with Gasteiger partial charge in [-0.2, -0.15) is 0 Å². The lowest BCUT2D eigenvalue weighted by Crippen LogP contribution is -2.28. The lowest BCUT2D eigenvalue weighted by molar-refractivity contribution is 0.345. The third-order valence-corrected chi connectivity index (χ3v) is 6.24. The zero-order chi connectivity index (χ0) is 18.9. The molecule has 3 aromatic carbocycles. The van der Waals surface area contributed by atoms with Crippen molar-refractivity contribution in [3.05, 3.63) is 113 Å². The second kappa shape index (κ2) is 7.19. The SMILES string of the molecule is CC(C)C(C)CC1(c2ccccc2)C=C(c2ccccc2)c2ccccc21. The minimum absolute atomic E-state index is 0.0628. The van der Waals surface area contributed by atoms with Crippen molar-refractivity contribution in [3.8, 4) is 0 Å². The van der Waals surface area contributed by atoms with E-state index in [2.05, 4.69) is 112 Å². The predicted octanol–water partition coefficient (Wildman–Crippen LogP) is 7.10. The van der Waals surface area contributed by atoms with E-state index >= 15 is 0 Å². The van der Waals surface area contributed by atoms with Crippen LogP contribution >= 0.6 is 0 Å². The molecule has 0 heteroatoms. The largest absolute Gasteiger partial charge is 0.0625 e. The smallest absolute Gasteiger partial charge is 0.0399 e. The first kappa shape index (κ1) is 17.8. The quantitative estimate of drug-likeness (QED) is 0.459. The van der Waals surface area contributed by atoms with Gasteiger partial charge in [0.1, 0.15) is 0 Å².